The molecule has 3 nitrogen and oxygen atoms in total. The van der Waals surface area contributed by atoms with Gasteiger partial charge in [-0.3, -0.25) is 4.40 Å². The maximum Gasteiger partial charge on any atom is 0.193 e. The summed E-state index contributed by atoms with van der Waals surface area (Å²) in [5.74, 6) is 3.01. The SMILES string of the molecule is c1cn2cc(CNCC3CC4CCC3C4)nc2s1. The molecule has 1 N–H and O–H groups in total. The van der Waals surface area contributed by atoms with Crippen LogP contribution >= 0.6 is 11.3 Å². The van der Waals surface area contributed by atoms with Gasteiger partial charge in [0.1, 0.15) is 0 Å². The van der Waals surface area contributed by atoms with E-state index in [-0.39, 0.29) is 0 Å². The van der Waals surface area contributed by atoms with Gasteiger partial charge in [-0.05, 0) is 43.6 Å². The fraction of sp³-hybridized carbons (Fsp3) is 0.643. The van der Waals surface area contributed by atoms with Crippen molar-refractivity contribution in [2.24, 2.45) is 17.8 Å². The van der Waals surface area contributed by atoms with Crippen LogP contribution in [0.25, 0.3) is 4.96 Å². The highest BCUT2D eigenvalue weighted by atomic mass is 32.1. The summed E-state index contributed by atoms with van der Waals surface area (Å²) in [5, 5.41) is 5.69. The Morgan fingerprint density at radius 1 is 1.39 bits per heavy atom. The van der Waals surface area contributed by atoms with E-state index in [4.69, 9.17) is 0 Å². The molecule has 2 heterocycles. The Labute approximate surface area is 111 Å². The Balaban J connectivity index is 1.32. The van der Waals surface area contributed by atoms with Crippen LogP contribution in [0.3, 0.4) is 0 Å². The second-order valence-corrected chi connectivity index (χ2v) is 6.76. The molecule has 96 valence electrons. The summed E-state index contributed by atoms with van der Waals surface area (Å²) in [6.07, 6.45) is 10.2. The maximum absolute atomic E-state index is 4.60. The Morgan fingerprint density at radius 3 is 3.17 bits per heavy atom. The molecule has 2 bridgehead atoms. The standard InChI is InChI=1S/C14H19N3S/c1-2-11-5-10(1)6-12(11)7-15-8-13-9-17-3-4-18-14(17)16-13/h3-4,9-12,15H,1-2,5-8H2. The van der Waals surface area contributed by atoms with Gasteiger partial charge in [0.2, 0.25) is 0 Å². The van der Waals surface area contributed by atoms with Crippen LogP contribution in [-0.4, -0.2) is 15.9 Å². The van der Waals surface area contributed by atoms with Crippen molar-refractivity contribution < 1.29 is 0 Å². The third-order valence-electron chi connectivity index (χ3n) is 4.74. The molecule has 0 saturated heterocycles. The van der Waals surface area contributed by atoms with Crippen molar-refractivity contribution in [3.63, 3.8) is 0 Å². The third-order valence-corrected chi connectivity index (χ3v) is 5.51. The molecule has 18 heavy (non-hydrogen) atoms. The number of nitrogens with zero attached hydrogens (tertiary/aromatic N) is 2. The minimum atomic E-state index is 0.919. The highest BCUT2D eigenvalue weighted by molar-refractivity contribution is 7.15. The van der Waals surface area contributed by atoms with Crippen molar-refractivity contribution in [3.05, 3.63) is 23.5 Å². The lowest BCUT2D eigenvalue weighted by molar-refractivity contribution is 0.318. The molecular formula is C14H19N3S. The van der Waals surface area contributed by atoms with Crippen molar-refractivity contribution in [1.29, 1.82) is 0 Å². The summed E-state index contributed by atoms with van der Waals surface area (Å²) in [7, 11) is 0. The Kier molecular flexibility index (Phi) is 2.66. The van der Waals surface area contributed by atoms with Crippen molar-refractivity contribution in [1.82, 2.24) is 14.7 Å². The first kappa shape index (κ1) is 11.0. The monoisotopic (exact) mass is 261 g/mol. The van der Waals surface area contributed by atoms with Gasteiger partial charge < -0.3 is 5.32 Å². The number of fused-ring (bicyclic) bond motifs is 3. The lowest BCUT2D eigenvalue weighted by Gasteiger charge is -2.21. The summed E-state index contributed by atoms with van der Waals surface area (Å²) >= 11 is 1.70. The number of hydrogen-bond donors (Lipinski definition) is 1. The van der Waals surface area contributed by atoms with Gasteiger partial charge in [-0.1, -0.05) is 6.42 Å². The molecule has 4 rings (SSSR count). The number of rotatable bonds is 4. The molecule has 0 amide bonds. The van der Waals surface area contributed by atoms with Gasteiger partial charge in [-0.2, -0.15) is 0 Å². The number of aromatic nitrogens is 2. The molecule has 2 aliphatic rings. The van der Waals surface area contributed by atoms with E-state index in [2.05, 4.69) is 32.5 Å². The van der Waals surface area contributed by atoms with E-state index in [1.165, 1.54) is 37.9 Å². The number of thiazole rings is 1. The van der Waals surface area contributed by atoms with E-state index in [1.807, 2.05) is 0 Å². The van der Waals surface area contributed by atoms with Crippen LogP contribution in [0.4, 0.5) is 0 Å². The van der Waals surface area contributed by atoms with Gasteiger partial charge in [-0.25, -0.2) is 4.98 Å². The highest BCUT2D eigenvalue weighted by Gasteiger charge is 2.38. The van der Waals surface area contributed by atoms with Gasteiger partial charge in [0.15, 0.2) is 4.96 Å². The largest absolute Gasteiger partial charge is 0.311 e. The fourth-order valence-electron chi connectivity index (χ4n) is 3.87. The van der Waals surface area contributed by atoms with Crippen LogP contribution in [-0.2, 0) is 6.54 Å². The first-order valence-electron chi connectivity index (χ1n) is 7.00. The van der Waals surface area contributed by atoms with Gasteiger partial charge in [0.05, 0.1) is 5.69 Å². The third kappa shape index (κ3) is 1.88. The molecule has 2 aromatic rings. The minimum absolute atomic E-state index is 0.919. The van der Waals surface area contributed by atoms with Crippen molar-refractivity contribution >= 4 is 16.3 Å². The van der Waals surface area contributed by atoms with Crippen LogP contribution < -0.4 is 5.32 Å². The fourth-order valence-corrected chi connectivity index (χ4v) is 4.59. The smallest absolute Gasteiger partial charge is 0.193 e. The second-order valence-electron chi connectivity index (χ2n) is 5.89. The first-order chi connectivity index (χ1) is 8.88. The molecule has 0 radical (unpaired) electrons. The molecule has 2 fully saturated rings. The molecule has 0 aliphatic heterocycles. The molecule has 3 atom stereocenters. The lowest BCUT2D eigenvalue weighted by atomic mass is 9.89. The summed E-state index contributed by atoms with van der Waals surface area (Å²) in [6.45, 7) is 2.11. The molecular weight excluding hydrogens is 242 g/mol. The highest BCUT2D eigenvalue weighted by Crippen LogP contribution is 2.47. The predicted octanol–water partition coefficient (Wildman–Crippen LogP) is 2.92. The Morgan fingerprint density at radius 2 is 2.39 bits per heavy atom. The van der Waals surface area contributed by atoms with Gasteiger partial charge >= 0.3 is 0 Å². The van der Waals surface area contributed by atoms with E-state index in [9.17, 15) is 0 Å². The van der Waals surface area contributed by atoms with E-state index in [0.29, 0.717) is 0 Å². The van der Waals surface area contributed by atoms with Gasteiger partial charge in [-0.15, -0.1) is 11.3 Å². The van der Waals surface area contributed by atoms with Crippen LogP contribution in [0.1, 0.15) is 31.4 Å². The average Bonchev–Trinajstić information content (AvgIpc) is 3.07. The van der Waals surface area contributed by atoms with Gasteiger partial charge in [0, 0.05) is 24.3 Å². The van der Waals surface area contributed by atoms with Crippen LogP contribution in [0, 0.1) is 17.8 Å². The van der Waals surface area contributed by atoms with Crippen molar-refractivity contribution in [3.8, 4) is 0 Å². The zero-order chi connectivity index (χ0) is 11.9. The second kappa shape index (κ2) is 4.35. The zero-order valence-electron chi connectivity index (χ0n) is 10.5. The van der Waals surface area contributed by atoms with E-state index < -0.39 is 0 Å². The van der Waals surface area contributed by atoms with E-state index in [0.717, 1.165) is 29.3 Å². The summed E-state index contributed by atoms with van der Waals surface area (Å²) in [5.41, 5.74) is 1.17. The van der Waals surface area contributed by atoms with Crippen molar-refractivity contribution in [2.75, 3.05) is 6.54 Å². The predicted molar refractivity (Wildman–Crippen MR) is 73.7 cm³/mol. The van der Waals surface area contributed by atoms with Gasteiger partial charge in [0.25, 0.3) is 0 Å². The van der Waals surface area contributed by atoms with E-state index >= 15 is 0 Å². The molecule has 3 unspecified atom stereocenters. The summed E-state index contributed by atoms with van der Waals surface area (Å²) in [4.78, 5) is 5.71. The number of hydrogen-bond acceptors (Lipinski definition) is 3. The summed E-state index contributed by atoms with van der Waals surface area (Å²) < 4.78 is 2.11. The minimum Gasteiger partial charge on any atom is -0.311 e. The topological polar surface area (TPSA) is 29.3 Å². The van der Waals surface area contributed by atoms with Crippen LogP contribution in [0.2, 0.25) is 0 Å². The molecule has 2 aromatic heterocycles. The molecule has 2 aliphatic carbocycles. The average molecular weight is 261 g/mol. The van der Waals surface area contributed by atoms with E-state index in [1.54, 1.807) is 11.3 Å². The normalized spacial score (nSPS) is 30.6. The molecule has 2 saturated carbocycles. The maximum atomic E-state index is 4.60. The lowest BCUT2D eigenvalue weighted by Crippen LogP contribution is -2.26. The summed E-state index contributed by atoms with van der Waals surface area (Å²) in [6, 6.07) is 0. The van der Waals surface area contributed by atoms with Crippen molar-refractivity contribution in [2.45, 2.75) is 32.2 Å². The molecule has 4 heteroatoms. The number of nitrogens with one attached hydrogen (secondary N) is 1. The first-order valence-corrected chi connectivity index (χ1v) is 7.88. The Hall–Kier alpha value is -0.870. The number of imidazole rings is 1. The molecule has 0 spiro atoms. The molecule has 0 aromatic carbocycles. The van der Waals surface area contributed by atoms with Crippen LogP contribution in [0.5, 0.6) is 0 Å². The zero-order valence-corrected chi connectivity index (χ0v) is 11.3. The van der Waals surface area contributed by atoms with Crippen LogP contribution in [0.15, 0.2) is 17.8 Å². The Bertz CT molecular complexity index is 515. The quantitative estimate of drug-likeness (QED) is 0.917.